The quantitative estimate of drug-likeness (QED) is 0.890. The lowest BCUT2D eigenvalue weighted by Crippen LogP contribution is -2.11. The largest absolute Gasteiger partial charge is 0.496 e. The minimum absolute atomic E-state index is 0.000463. The Morgan fingerprint density at radius 1 is 1.53 bits per heavy atom. The maximum atomic E-state index is 11.1. The van der Waals surface area contributed by atoms with Crippen molar-refractivity contribution in [2.24, 2.45) is 5.92 Å². The molecule has 104 valence electrons. The number of hydrogen-bond donors (Lipinski definition) is 1. The fourth-order valence-corrected chi connectivity index (χ4v) is 3.34. The van der Waals surface area contributed by atoms with Crippen molar-refractivity contribution in [1.29, 1.82) is 0 Å². The van der Waals surface area contributed by atoms with E-state index in [4.69, 9.17) is 21.4 Å². The summed E-state index contributed by atoms with van der Waals surface area (Å²) in [4.78, 5) is 11.1. The predicted molar refractivity (Wildman–Crippen MR) is 75.2 cm³/mol. The fraction of sp³-hybridized carbons (Fsp3) is 0.533. The number of methoxy groups -OCH3 is 1. The summed E-state index contributed by atoms with van der Waals surface area (Å²) in [6.07, 6.45) is 2.31. The molecule has 1 aromatic rings. The number of benzene rings is 1. The molecule has 0 saturated heterocycles. The summed E-state index contributed by atoms with van der Waals surface area (Å²) in [6, 6.07) is 1.87. The van der Waals surface area contributed by atoms with Gasteiger partial charge in [0, 0.05) is 5.02 Å². The number of aryl methyl sites for hydroxylation is 1. The second kappa shape index (κ2) is 5.41. The van der Waals surface area contributed by atoms with Gasteiger partial charge in [-0.15, -0.1) is 0 Å². The fourth-order valence-electron chi connectivity index (χ4n) is 2.89. The van der Waals surface area contributed by atoms with Gasteiger partial charge in [0.15, 0.2) is 0 Å². The lowest BCUT2D eigenvalue weighted by Gasteiger charge is -2.22. The number of aliphatic carboxylic acids is 1. The van der Waals surface area contributed by atoms with E-state index < -0.39 is 5.97 Å². The van der Waals surface area contributed by atoms with Gasteiger partial charge in [0.2, 0.25) is 0 Å². The van der Waals surface area contributed by atoms with Crippen LogP contribution in [0.25, 0.3) is 0 Å². The second-order valence-corrected chi connectivity index (χ2v) is 5.70. The van der Waals surface area contributed by atoms with Crippen LogP contribution in [0.4, 0.5) is 0 Å². The lowest BCUT2D eigenvalue weighted by atomic mass is 9.86. The maximum Gasteiger partial charge on any atom is 0.303 e. The Kier molecular flexibility index (Phi) is 4.04. The molecule has 0 aromatic heterocycles. The Morgan fingerprint density at radius 2 is 2.16 bits per heavy atom. The highest BCUT2D eigenvalue weighted by atomic mass is 35.5. The topological polar surface area (TPSA) is 46.5 Å². The van der Waals surface area contributed by atoms with Crippen LogP contribution in [0.15, 0.2) is 6.07 Å². The Hall–Kier alpha value is -1.22. The van der Waals surface area contributed by atoms with Gasteiger partial charge in [-0.3, -0.25) is 4.79 Å². The van der Waals surface area contributed by atoms with Crippen molar-refractivity contribution in [3.8, 4) is 5.75 Å². The molecule has 1 fully saturated rings. The Labute approximate surface area is 118 Å². The summed E-state index contributed by atoms with van der Waals surface area (Å²) in [5.41, 5.74) is 2.92. The van der Waals surface area contributed by atoms with Gasteiger partial charge in [-0.2, -0.15) is 0 Å². The van der Waals surface area contributed by atoms with Crippen molar-refractivity contribution >= 4 is 17.6 Å². The molecule has 1 N–H and O–H groups in total. The van der Waals surface area contributed by atoms with Crippen molar-refractivity contribution < 1.29 is 14.6 Å². The van der Waals surface area contributed by atoms with E-state index in [1.54, 1.807) is 7.11 Å². The third kappa shape index (κ3) is 2.86. The molecule has 0 spiro atoms. The van der Waals surface area contributed by atoms with E-state index in [1.165, 1.54) is 0 Å². The zero-order chi connectivity index (χ0) is 14.2. The first-order valence-electron chi connectivity index (χ1n) is 6.51. The molecule has 1 saturated carbocycles. The van der Waals surface area contributed by atoms with E-state index in [2.05, 4.69) is 0 Å². The average Bonchev–Trinajstić information content (AvgIpc) is 3.10. The molecule has 1 atom stereocenters. The molecule has 1 aromatic carbocycles. The number of ether oxygens (including phenoxy) is 1. The van der Waals surface area contributed by atoms with E-state index in [0.717, 1.165) is 35.3 Å². The molecule has 1 unspecified atom stereocenters. The first-order chi connectivity index (χ1) is 8.95. The van der Waals surface area contributed by atoms with Crippen LogP contribution in [0.1, 0.15) is 41.9 Å². The molecule has 1 aliphatic carbocycles. The SMILES string of the molecule is COc1c(C)cc(Cl)c(C(CC(=O)O)C2CC2)c1C. The summed E-state index contributed by atoms with van der Waals surface area (Å²) in [5, 5.41) is 9.77. The number of carboxylic acid groups (broad SMARTS) is 1. The van der Waals surface area contributed by atoms with Gasteiger partial charge in [-0.05, 0) is 61.3 Å². The molecule has 2 rings (SSSR count). The van der Waals surface area contributed by atoms with Gasteiger partial charge in [-0.1, -0.05) is 11.6 Å². The smallest absolute Gasteiger partial charge is 0.303 e. The summed E-state index contributed by atoms with van der Waals surface area (Å²) in [7, 11) is 1.64. The van der Waals surface area contributed by atoms with Gasteiger partial charge in [0.05, 0.1) is 13.5 Å². The summed E-state index contributed by atoms with van der Waals surface area (Å²) < 4.78 is 5.42. The van der Waals surface area contributed by atoms with Crippen LogP contribution >= 0.6 is 11.6 Å². The molecule has 4 heteroatoms. The second-order valence-electron chi connectivity index (χ2n) is 5.29. The predicted octanol–water partition coefficient (Wildman–Crippen LogP) is 3.93. The van der Waals surface area contributed by atoms with Crippen LogP contribution in [-0.2, 0) is 4.79 Å². The summed E-state index contributed by atoms with van der Waals surface area (Å²) >= 11 is 6.37. The molecular weight excluding hydrogens is 264 g/mol. The van der Waals surface area contributed by atoms with Crippen molar-refractivity contribution in [3.63, 3.8) is 0 Å². The van der Waals surface area contributed by atoms with Crippen molar-refractivity contribution in [2.45, 2.75) is 39.0 Å². The first-order valence-corrected chi connectivity index (χ1v) is 6.88. The highest BCUT2D eigenvalue weighted by Crippen LogP contribution is 2.49. The first kappa shape index (κ1) is 14.2. The van der Waals surface area contributed by atoms with E-state index in [1.807, 2.05) is 19.9 Å². The average molecular weight is 283 g/mol. The van der Waals surface area contributed by atoms with Crippen molar-refractivity contribution in [1.82, 2.24) is 0 Å². The standard InChI is InChI=1S/C15H19ClO3/c1-8-6-12(16)14(9(2)15(8)19-3)11(7-13(17)18)10-4-5-10/h6,10-11H,4-5,7H2,1-3H3,(H,17,18). The molecule has 0 radical (unpaired) electrons. The lowest BCUT2D eigenvalue weighted by molar-refractivity contribution is -0.137. The zero-order valence-electron chi connectivity index (χ0n) is 11.5. The van der Waals surface area contributed by atoms with Crippen LogP contribution in [0.5, 0.6) is 5.75 Å². The number of carbonyl (C=O) groups is 1. The molecule has 0 bridgehead atoms. The highest BCUT2D eigenvalue weighted by Gasteiger charge is 2.36. The number of carboxylic acids is 1. The zero-order valence-corrected chi connectivity index (χ0v) is 12.3. The third-order valence-corrected chi connectivity index (χ3v) is 4.18. The van der Waals surface area contributed by atoms with Crippen LogP contribution in [0, 0.1) is 19.8 Å². The van der Waals surface area contributed by atoms with Crippen LogP contribution < -0.4 is 4.74 Å². The molecule has 3 nitrogen and oxygen atoms in total. The maximum absolute atomic E-state index is 11.1. The van der Waals surface area contributed by atoms with Gasteiger partial charge in [0.25, 0.3) is 0 Å². The molecule has 1 aliphatic rings. The van der Waals surface area contributed by atoms with Crippen LogP contribution in [0.2, 0.25) is 5.02 Å². The number of hydrogen-bond acceptors (Lipinski definition) is 2. The van der Waals surface area contributed by atoms with E-state index in [9.17, 15) is 4.79 Å². The minimum Gasteiger partial charge on any atom is -0.496 e. The van der Waals surface area contributed by atoms with Crippen molar-refractivity contribution in [2.75, 3.05) is 7.11 Å². The van der Waals surface area contributed by atoms with Crippen LogP contribution in [-0.4, -0.2) is 18.2 Å². The van der Waals surface area contributed by atoms with Crippen LogP contribution in [0.3, 0.4) is 0 Å². The van der Waals surface area contributed by atoms with Gasteiger partial charge in [0.1, 0.15) is 5.75 Å². The molecule has 0 heterocycles. The summed E-state index contributed by atoms with van der Waals surface area (Å²) in [6.45, 7) is 3.91. The Bertz CT molecular complexity index is 507. The van der Waals surface area contributed by atoms with Gasteiger partial charge >= 0.3 is 5.97 Å². The van der Waals surface area contributed by atoms with Crippen molar-refractivity contribution in [3.05, 3.63) is 27.8 Å². The van der Waals surface area contributed by atoms with E-state index in [0.29, 0.717) is 10.9 Å². The summed E-state index contributed by atoms with van der Waals surface area (Å²) in [5.74, 6) is 0.488. The van der Waals surface area contributed by atoms with Gasteiger partial charge < -0.3 is 9.84 Å². The van der Waals surface area contributed by atoms with E-state index >= 15 is 0 Å². The Morgan fingerprint density at radius 3 is 2.63 bits per heavy atom. The highest BCUT2D eigenvalue weighted by molar-refractivity contribution is 6.31. The Balaban J connectivity index is 2.49. The normalized spacial score (nSPS) is 16.2. The molecule has 0 aliphatic heterocycles. The van der Waals surface area contributed by atoms with Gasteiger partial charge in [-0.25, -0.2) is 0 Å². The molecular formula is C15H19ClO3. The number of rotatable bonds is 5. The number of halogens is 1. The molecule has 19 heavy (non-hydrogen) atoms. The third-order valence-electron chi connectivity index (χ3n) is 3.86. The molecule has 0 amide bonds. The van der Waals surface area contributed by atoms with E-state index in [-0.39, 0.29) is 12.3 Å². The minimum atomic E-state index is -0.771. The monoisotopic (exact) mass is 282 g/mol.